The summed E-state index contributed by atoms with van der Waals surface area (Å²) in [6, 6.07) is 25.2. The van der Waals surface area contributed by atoms with Crippen molar-refractivity contribution in [2.45, 2.75) is 11.8 Å². The van der Waals surface area contributed by atoms with Gasteiger partial charge in [-0.15, -0.1) is 0 Å². The van der Waals surface area contributed by atoms with Crippen LogP contribution in [0.3, 0.4) is 0 Å². The average Bonchev–Trinajstić information content (AvgIpc) is 2.70. The fourth-order valence-electron chi connectivity index (χ4n) is 2.74. The van der Waals surface area contributed by atoms with Gasteiger partial charge in [-0.2, -0.15) is 0 Å². The van der Waals surface area contributed by atoms with Gasteiger partial charge in [-0.05, 0) is 67.7 Å². The summed E-state index contributed by atoms with van der Waals surface area (Å²) in [7, 11) is -3.64. The normalized spacial score (nSPS) is 10.9. The average molecular weight is 412 g/mol. The van der Waals surface area contributed by atoms with Crippen LogP contribution in [0.2, 0.25) is 0 Å². The third kappa shape index (κ3) is 4.68. The zero-order chi connectivity index (χ0) is 20.0. The zero-order valence-corrected chi connectivity index (χ0v) is 17.0. The van der Waals surface area contributed by atoms with Crippen LogP contribution in [0.1, 0.15) is 6.92 Å². The van der Waals surface area contributed by atoms with Gasteiger partial charge in [0.1, 0.15) is 0 Å². The van der Waals surface area contributed by atoms with E-state index in [1.807, 2.05) is 55.5 Å². The lowest BCUT2D eigenvalue weighted by Gasteiger charge is -2.23. The van der Waals surface area contributed by atoms with E-state index in [4.69, 9.17) is 12.2 Å². The lowest BCUT2D eigenvalue weighted by molar-refractivity contribution is 0.592. The first kappa shape index (κ1) is 19.9. The minimum Gasteiger partial charge on any atom is -0.332 e. The van der Waals surface area contributed by atoms with Crippen LogP contribution < -0.4 is 14.9 Å². The van der Waals surface area contributed by atoms with Gasteiger partial charge < -0.3 is 10.6 Å². The first-order valence-corrected chi connectivity index (χ1v) is 10.7. The first-order valence-electron chi connectivity index (χ1n) is 8.81. The fourth-order valence-corrected chi connectivity index (χ4v) is 4.45. The van der Waals surface area contributed by atoms with E-state index in [2.05, 4.69) is 10.6 Å². The van der Waals surface area contributed by atoms with Crippen molar-refractivity contribution in [2.24, 2.45) is 0 Å². The summed E-state index contributed by atoms with van der Waals surface area (Å²) in [5.41, 5.74) is 2.22. The molecule has 0 aliphatic carbocycles. The van der Waals surface area contributed by atoms with Gasteiger partial charge in [-0.3, -0.25) is 4.31 Å². The molecule has 3 aromatic carbocycles. The predicted molar refractivity (Wildman–Crippen MR) is 119 cm³/mol. The van der Waals surface area contributed by atoms with E-state index in [1.54, 1.807) is 36.4 Å². The molecule has 0 unspecified atom stereocenters. The third-order valence-electron chi connectivity index (χ3n) is 4.06. The minimum absolute atomic E-state index is 0.227. The maximum absolute atomic E-state index is 13.0. The molecule has 2 N–H and O–H groups in total. The number of thiocarbonyl (C=S) groups is 1. The number of para-hydroxylation sites is 2. The highest BCUT2D eigenvalue weighted by Crippen LogP contribution is 2.24. The lowest BCUT2D eigenvalue weighted by Crippen LogP contribution is -2.30. The summed E-state index contributed by atoms with van der Waals surface area (Å²) in [5, 5.41) is 6.57. The van der Waals surface area contributed by atoms with Crippen molar-refractivity contribution in [1.82, 2.24) is 0 Å². The van der Waals surface area contributed by atoms with Crippen LogP contribution >= 0.6 is 12.2 Å². The maximum atomic E-state index is 13.0. The van der Waals surface area contributed by atoms with E-state index in [1.165, 1.54) is 4.31 Å². The Labute approximate surface area is 171 Å². The molecule has 0 saturated heterocycles. The number of benzene rings is 3. The number of sulfonamides is 1. The molecule has 144 valence electrons. The molecule has 0 aliphatic heterocycles. The molecule has 5 nitrogen and oxygen atoms in total. The molecule has 3 rings (SSSR count). The Morgan fingerprint density at radius 2 is 1.32 bits per heavy atom. The Kier molecular flexibility index (Phi) is 6.28. The van der Waals surface area contributed by atoms with E-state index in [0.29, 0.717) is 23.0 Å². The third-order valence-corrected chi connectivity index (χ3v) is 6.18. The molecule has 0 amide bonds. The second-order valence-corrected chi connectivity index (χ2v) is 8.25. The Hall–Kier alpha value is -2.90. The fraction of sp³-hybridized carbons (Fsp3) is 0.0952. The standard InChI is InChI=1S/C21H21N3O2S2/c1-2-24(19-11-7-4-8-12-19)28(25,26)20-15-13-18(14-16-20)23-21(27)22-17-9-5-3-6-10-17/h3-16H,2H2,1H3,(H2,22,23,27). The Bertz CT molecular complexity index is 1020. The molecule has 0 bridgehead atoms. The summed E-state index contributed by atoms with van der Waals surface area (Å²) in [6.07, 6.45) is 0. The van der Waals surface area contributed by atoms with Crippen molar-refractivity contribution in [2.75, 3.05) is 21.5 Å². The monoisotopic (exact) mass is 411 g/mol. The Balaban J connectivity index is 1.73. The van der Waals surface area contributed by atoms with Crippen LogP contribution in [0.25, 0.3) is 0 Å². The molecule has 28 heavy (non-hydrogen) atoms. The molecule has 3 aromatic rings. The Morgan fingerprint density at radius 3 is 1.86 bits per heavy atom. The van der Waals surface area contributed by atoms with Crippen molar-refractivity contribution in [3.8, 4) is 0 Å². The molecule has 0 spiro atoms. The second kappa shape index (κ2) is 8.86. The molecule has 0 heterocycles. The van der Waals surface area contributed by atoms with Crippen LogP contribution in [-0.2, 0) is 10.0 Å². The largest absolute Gasteiger partial charge is 0.332 e. The lowest BCUT2D eigenvalue weighted by atomic mass is 10.3. The summed E-state index contributed by atoms with van der Waals surface area (Å²) in [6.45, 7) is 2.16. The van der Waals surface area contributed by atoms with E-state index in [0.717, 1.165) is 5.69 Å². The number of anilines is 3. The summed E-state index contributed by atoms with van der Waals surface area (Å²) in [4.78, 5) is 0.227. The van der Waals surface area contributed by atoms with Crippen molar-refractivity contribution in [3.63, 3.8) is 0 Å². The van der Waals surface area contributed by atoms with Crippen LogP contribution in [0.15, 0.2) is 89.8 Å². The summed E-state index contributed by atoms with van der Waals surface area (Å²) < 4.78 is 27.4. The number of rotatable bonds is 6. The molecule has 0 radical (unpaired) electrons. The van der Waals surface area contributed by atoms with Gasteiger partial charge in [0.05, 0.1) is 10.6 Å². The predicted octanol–water partition coefficient (Wildman–Crippen LogP) is 4.71. The number of hydrogen-bond donors (Lipinski definition) is 2. The zero-order valence-electron chi connectivity index (χ0n) is 15.4. The summed E-state index contributed by atoms with van der Waals surface area (Å²) in [5.74, 6) is 0. The van der Waals surface area contributed by atoms with Crippen molar-refractivity contribution in [3.05, 3.63) is 84.9 Å². The molecule has 7 heteroatoms. The highest BCUT2D eigenvalue weighted by molar-refractivity contribution is 7.92. The maximum Gasteiger partial charge on any atom is 0.264 e. The van der Waals surface area contributed by atoms with E-state index < -0.39 is 10.0 Å². The number of nitrogens with one attached hydrogen (secondary N) is 2. The molecule has 0 atom stereocenters. The molecule has 0 saturated carbocycles. The van der Waals surface area contributed by atoms with Gasteiger partial charge in [0.25, 0.3) is 10.0 Å². The van der Waals surface area contributed by atoms with Crippen molar-refractivity contribution in [1.29, 1.82) is 0 Å². The Morgan fingerprint density at radius 1 is 0.821 bits per heavy atom. The molecular formula is C21H21N3O2S2. The van der Waals surface area contributed by atoms with Gasteiger partial charge in [0, 0.05) is 17.9 Å². The highest BCUT2D eigenvalue weighted by atomic mass is 32.2. The van der Waals surface area contributed by atoms with Gasteiger partial charge >= 0.3 is 0 Å². The van der Waals surface area contributed by atoms with Crippen LogP contribution in [0, 0.1) is 0 Å². The van der Waals surface area contributed by atoms with Crippen molar-refractivity contribution < 1.29 is 8.42 Å². The SMILES string of the molecule is CCN(c1ccccc1)S(=O)(=O)c1ccc(NC(=S)Nc2ccccc2)cc1. The molecular weight excluding hydrogens is 390 g/mol. The first-order chi connectivity index (χ1) is 13.5. The summed E-state index contributed by atoms with van der Waals surface area (Å²) >= 11 is 5.30. The number of nitrogens with zero attached hydrogens (tertiary/aromatic N) is 1. The van der Waals surface area contributed by atoms with Crippen molar-refractivity contribution >= 4 is 44.4 Å². The van der Waals surface area contributed by atoms with Crippen LogP contribution in [0.5, 0.6) is 0 Å². The van der Waals surface area contributed by atoms with E-state index >= 15 is 0 Å². The molecule has 0 aromatic heterocycles. The highest BCUT2D eigenvalue weighted by Gasteiger charge is 2.23. The van der Waals surface area contributed by atoms with Gasteiger partial charge in [0.2, 0.25) is 0 Å². The minimum atomic E-state index is -3.64. The topological polar surface area (TPSA) is 61.4 Å². The van der Waals surface area contributed by atoms with Crippen LogP contribution in [0.4, 0.5) is 17.1 Å². The van der Waals surface area contributed by atoms with Gasteiger partial charge in [-0.1, -0.05) is 36.4 Å². The number of hydrogen-bond acceptors (Lipinski definition) is 3. The molecule has 0 aliphatic rings. The molecule has 0 fully saturated rings. The van der Waals surface area contributed by atoms with E-state index in [9.17, 15) is 8.42 Å². The second-order valence-electron chi connectivity index (χ2n) is 5.97. The van der Waals surface area contributed by atoms with Crippen LogP contribution in [-0.4, -0.2) is 20.1 Å². The van der Waals surface area contributed by atoms with E-state index in [-0.39, 0.29) is 4.90 Å². The smallest absolute Gasteiger partial charge is 0.264 e. The quantitative estimate of drug-likeness (QED) is 0.575. The van der Waals surface area contributed by atoms with Gasteiger partial charge in [-0.25, -0.2) is 8.42 Å². The van der Waals surface area contributed by atoms with Gasteiger partial charge in [0.15, 0.2) is 5.11 Å².